The number of aliphatic hydroxyl groups excluding tert-OH is 1. The van der Waals surface area contributed by atoms with Gasteiger partial charge < -0.3 is 14.8 Å². The van der Waals surface area contributed by atoms with Gasteiger partial charge in [-0.05, 0) is 11.6 Å². The first-order valence-electron chi connectivity index (χ1n) is 6.28. The Balaban J connectivity index is 2.09. The van der Waals surface area contributed by atoms with Crippen molar-refractivity contribution in [3.05, 3.63) is 35.5 Å². The molecule has 3 rings (SSSR count). The van der Waals surface area contributed by atoms with E-state index in [0.29, 0.717) is 6.42 Å². The number of hydrogen-bond donors (Lipinski definition) is 3. The SMILES string of the molecule is COC(=O)[C@@H]1Cc2c([nH]c3ccccc23)[C@H](CO)N1. The van der Waals surface area contributed by atoms with E-state index in [1.165, 1.54) is 7.11 Å². The molecule has 0 unspecified atom stereocenters. The van der Waals surface area contributed by atoms with Crippen LogP contribution in [0.25, 0.3) is 10.9 Å². The Hall–Kier alpha value is -1.85. The molecule has 0 fully saturated rings. The predicted octanol–water partition coefficient (Wildman–Crippen LogP) is 0.889. The number of para-hydroxylation sites is 1. The fourth-order valence-corrected chi connectivity index (χ4v) is 2.77. The highest BCUT2D eigenvalue weighted by Crippen LogP contribution is 2.31. The van der Waals surface area contributed by atoms with Gasteiger partial charge in [0.15, 0.2) is 0 Å². The van der Waals surface area contributed by atoms with Crippen molar-refractivity contribution in [3.63, 3.8) is 0 Å². The van der Waals surface area contributed by atoms with Crippen LogP contribution in [0.1, 0.15) is 17.3 Å². The fourth-order valence-electron chi connectivity index (χ4n) is 2.77. The van der Waals surface area contributed by atoms with Crippen molar-refractivity contribution in [3.8, 4) is 0 Å². The summed E-state index contributed by atoms with van der Waals surface area (Å²) in [5.74, 6) is -0.297. The van der Waals surface area contributed by atoms with Crippen molar-refractivity contribution in [1.29, 1.82) is 0 Å². The molecule has 5 heteroatoms. The van der Waals surface area contributed by atoms with Gasteiger partial charge in [0.05, 0.1) is 19.8 Å². The van der Waals surface area contributed by atoms with Gasteiger partial charge in [-0.2, -0.15) is 0 Å². The smallest absolute Gasteiger partial charge is 0.323 e. The highest BCUT2D eigenvalue weighted by molar-refractivity contribution is 5.87. The Kier molecular flexibility index (Phi) is 3.00. The van der Waals surface area contributed by atoms with Crippen molar-refractivity contribution in [2.45, 2.75) is 18.5 Å². The van der Waals surface area contributed by atoms with Crippen LogP contribution in [0.2, 0.25) is 0 Å². The van der Waals surface area contributed by atoms with Gasteiger partial charge in [-0.15, -0.1) is 0 Å². The molecule has 0 bridgehead atoms. The normalized spacial score (nSPS) is 22.2. The summed E-state index contributed by atoms with van der Waals surface area (Å²) in [5, 5.41) is 13.7. The van der Waals surface area contributed by atoms with Crippen LogP contribution >= 0.6 is 0 Å². The Labute approximate surface area is 110 Å². The Morgan fingerprint density at radius 3 is 3.00 bits per heavy atom. The summed E-state index contributed by atoms with van der Waals surface area (Å²) in [6.45, 7) is -0.0622. The third-order valence-corrected chi connectivity index (χ3v) is 3.67. The largest absolute Gasteiger partial charge is 0.468 e. The number of fused-ring (bicyclic) bond motifs is 3. The van der Waals surface area contributed by atoms with Crippen LogP contribution in [0, 0.1) is 0 Å². The van der Waals surface area contributed by atoms with E-state index in [2.05, 4.69) is 10.3 Å². The van der Waals surface area contributed by atoms with Gasteiger partial charge in [0.2, 0.25) is 0 Å². The van der Waals surface area contributed by atoms with E-state index in [1.54, 1.807) is 0 Å². The average Bonchev–Trinajstić information content (AvgIpc) is 2.84. The molecular weight excluding hydrogens is 244 g/mol. The molecule has 2 atom stereocenters. The minimum atomic E-state index is -0.408. The van der Waals surface area contributed by atoms with Crippen molar-refractivity contribution in [1.82, 2.24) is 10.3 Å². The molecule has 2 heterocycles. The summed E-state index contributed by atoms with van der Waals surface area (Å²) >= 11 is 0. The first kappa shape index (κ1) is 12.2. The lowest BCUT2D eigenvalue weighted by Gasteiger charge is -2.28. The van der Waals surface area contributed by atoms with Crippen LogP contribution in [-0.2, 0) is 16.0 Å². The zero-order valence-corrected chi connectivity index (χ0v) is 10.6. The van der Waals surface area contributed by atoms with Crippen molar-refractivity contribution < 1.29 is 14.6 Å². The number of H-pyrrole nitrogens is 1. The summed E-state index contributed by atoms with van der Waals surface area (Å²) in [5.41, 5.74) is 3.07. The van der Waals surface area contributed by atoms with E-state index in [9.17, 15) is 9.90 Å². The van der Waals surface area contributed by atoms with E-state index >= 15 is 0 Å². The minimum absolute atomic E-state index is 0.0622. The van der Waals surface area contributed by atoms with E-state index in [-0.39, 0.29) is 18.6 Å². The maximum absolute atomic E-state index is 11.7. The van der Waals surface area contributed by atoms with Crippen molar-refractivity contribution in [2.75, 3.05) is 13.7 Å². The van der Waals surface area contributed by atoms with Gasteiger partial charge in [-0.1, -0.05) is 18.2 Å². The fraction of sp³-hybridized carbons (Fsp3) is 0.357. The van der Waals surface area contributed by atoms with Crippen LogP contribution in [0.5, 0.6) is 0 Å². The maximum atomic E-state index is 11.7. The number of aromatic nitrogens is 1. The number of nitrogens with one attached hydrogen (secondary N) is 2. The van der Waals surface area contributed by atoms with Crippen LogP contribution in [0.3, 0.4) is 0 Å². The molecule has 3 N–H and O–H groups in total. The molecule has 19 heavy (non-hydrogen) atoms. The monoisotopic (exact) mass is 260 g/mol. The topological polar surface area (TPSA) is 74.4 Å². The van der Waals surface area contributed by atoms with Crippen molar-refractivity contribution >= 4 is 16.9 Å². The molecule has 0 spiro atoms. The Morgan fingerprint density at radius 2 is 2.26 bits per heavy atom. The van der Waals surface area contributed by atoms with Gasteiger partial charge in [0.1, 0.15) is 6.04 Å². The molecule has 0 amide bonds. The number of carbonyl (C=O) groups is 1. The molecule has 1 aliphatic heterocycles. The molecule has 1 aromatic heterocycles. The molecule has 100 valence electrons. The van der Waals surface area contributed by atoms with E-state index in [0.717, 1.165) is 22.2 Å². The molecule has 2 aromatic rings. The van der Waals surface area contributed by atoms with Gasteiger partial charge in [-0.3, -0.25) is 10.1 Å². The number of carbonyl (C=O) groups excluding carboxylic acids is 1. The molecule has 0 saturated carbocycles. The molecule has 0 saturated heterocycles. The number of esters is 1. The number of hydrogen-bond acceptors (Lipinski definition) is 4. The van der Waals surface area contributed by atoms with Gasteiger partial charge in [0.25, 0.3) is 0 Å². The quantitative estimate of drug-likeness (QED) is 0.701. The second-order valence-corrected chi connectivity index (χ2v) is 4.74. The lowest BCUT2D eigenvalue weighted by atomic mass is 9.94. The van der Waals surface area contributed by atoms with Crippen LogP contribution < -0.4 is 5.32 Å². The summed E-state index contributed by atoms with van der Waals surface area (Å²) in [7, 11) is 1.38. The molecule has 5 nitrogen and oxygen atoms in total. The lowest BCUT2D eigenvalue weighted by Crippen LogP contribution is -2.46. The summed E-state index contributed by atoms with van der Waals surface area (Å²) in [6, 6.07) is 7.28. The van der Waals surface area contributed by atoms with Gasteiger partial charge in [-0.25, -0.2) is 0 Å². The number of methoxy groups -OCH3 is 1. The first-order chi connectivity index (χ1) is 9.24. The number of aromatic amines is 1. The summed E-state index contributed by atoms with van der Waals surface area (Å²) in [6.07, 6.45) is 0.572. The second-order valence-electron chi connectivity index (χ2n) is 4.74. The third kappa shape index (κ3) is 1.91. The van der Waals surface area contributed by atoms with Gasteiger partial charge >= 0.3 is 5.97 Å². The summed E-state index contributed by atoms with van der Waals surface area (Å²) < 4.78 is 4.79. The molecule has 1 aliphatic rings. The molecule has 1 aromatic carbocycles. The number of benzene rings is 1. The Morgan fingerprint density at radius 1 is 1.47 bits per heavy atom. The standard InChI is InChI=1S/C14H16N2O3/c1-19-14(18)11-6-9-8-4-2-3-5-10(8)16-13(9)12(7-17)15-11/h2-5,11-12,15-17H,6-7H2,1H3/t11-,12-/m0/s1. The predicted molar refractivity (Wildman–Crippen MR) is 70.8 cm³/mol. The highest BCUT2D eigenvalue weighted by Gasteiger charge is 2.33. The molecule has 0 aliphatic carbocycles. The van der Waals surface area contributed by atoms with Crippen molar-refractivity contribution in [2.24, 2.45) is 0 Å². The van der Waals surface area contributed by atoms with Gasteiger partial charge in [0, 0.05) is 23.0 Å². The highest BCUT2D eigenvalue weighted by atomic mass is 16.5. The van der Waals surface area contributed by atoms with Crippen LogP contribution in [0.15, 0.2) is 24.3 Å². The Bertz CT molecular complexity index is 620. The second kappa shape index (κ2) is 4.68. The van der Waals surface area contributed by atoms with E-state index in [4.69, 9.17) is 4.74 Å². The van der Waals surface area contributed by atoms with E-state index < -0.39 is 6.04 Å². The average molecular weight is 260 g/mol. The summed E-state index contributed by atoms with van der Waals surface area (Å²) in [4.78, 5) is 15.0. The maximum Gasteiger partial charge on any atom is 0.323 e. The van der Waals surface area contributed by atoms with Crippen LogP contribution in [-0.4, -0.2) is 35.8 Å². The molecular formula is C14H16N2O3. The lowest BCUT2D eigenvalue weighted by molar-refractivity contribution is -0.143. The minimum Gasteiger partial charge on any atom is -0.468 e. The first-order valence-corrected chi connectivity index (χ1v) is 6.28. The number of ether oxygens (including phenoxy) is 1. The molecule has 0 radical (unpaired) electrons. The van der Waals surface area contributed by atoms with Crippen LogP contribution in [0.4, 0.5) is 0 Å². The number of aliphatic hydroxyl groups is 1. The zero-order valence-electron chi connectivity index (χ0n) is 10.6. The number of rotatable bonds is 2. The third-order valence-electron chi connectivity index (χ3n) is 3.67. The van der Waals surface area contributed by atoms with E-state index in [1.807, 2.05) is 24.3 Å². The zero-order chi connectivity index (χ0) is 13.4.